The molecule has 4 saturated carbocycles. The number of aliphatic hydroxyl groups excluding tert-OH is 2. The molecule has 4 rings (SSSR count). The van der Waals surface area contributed by atoms with Crippen molar-refractivity contribution in [1.29, 1.82) is 0 Å². The summed E-state index contributed by atoms with van der Waals surface area (Å²) < 4.78 is 0. The molecule has 0 heterocycles. The molecule has 10 atom stereocenters. The Morgan fingerprint density at radius 2 is 1.67 bits per heavy atom. The van der Waals surface area contributed by atoms with Gasteiger partial charge in [0.15, 0.2) is 0 Å². The molecule has 0 radical (unpaired) electrons. The Labute approximate surface area is 185 Å². The Hall–Kier alpha value is -0.120. The first-order valence-corrected chi connectivity index (χ1v) is 13.1. The Balaban J connectivity index is 1.42. The van der Waals surface area contributed by atoms with Crippen molar-refractivity contribution in [1.82, 2.24) is 0 Å². The lowest BCUT2D eigenvalue weighted by Gasteiger charge is -2.61. The highest BCUT2D eigenvalue weighted by Gasteiger charge is 2.60. The van der Waals surface area contributed by atoms with Gasteiger partial charge in [-0.25, -0.2) is 0 Å². The van der Waals surface area contributed by atoms with Crippen molar-refractivity contribution in [3.63, 3.8) is 0 Å². The van der Waals surface area contributed by atoms with Crippen LogP contribution in [0.3, 0.4) is 0 Å². The van der Waals surface area contributed by atoms with Gasteiger partial charge in [0, 0.05) is 0 Å². The lowest BCUT2D eigenvalue weighted by molar-refractivity contribution is -0.129. The van der Waals surface area contributed by atoms with Crippen molar-refractivity contribution >= 4 is 0 Å². The van der Waals surface area contributed by atoms with Crippen LogP contribution in [0.4, 0.5) is 0 Å². The summed E-state index contributed by atoms with van der Waals surface area (Å²) in [6.07, 6.45) is 14.5. The van der Waals surface area contributed by atoms with E-state index in [1.165, 1.54) is 51.4 Å². The smallest absolute Gasteiger partial charge is 0.0849 e. The van der Waals surface area contributed by atoms with E-state index in [0.717, 1.165) is 48.9 Å². The fourth-order valence-electron chi connectivity index (χ4n) is 9.30. The zero-order valence-corrected chi connectivity index (χ0v) is 20.1. The highest BCUT2D eigenvalue weighted by molar-refractivity contribution is 5.09. The molecular weight excluding hydrogens is 372 g/mol. The summed E-state index contributed by atoms with van der Waals surface area (Å²) in [5, 5.41) is 29.7. The summed E-state index contributed by atoms with van der Waals surface area (Å²) in [6.45, 7) is 9.30. The van der Waals surface area contributed by atoms with Gasteiger partial charge in [-0.15, -0.1) is 0 Å². The van der Waals surface area contributed by atoms with E-state index in [0.29, 0.717) is 23.2 Å². The molecule has 174 valence electrons. The van der Waals surface area contributed by atoms with Gasteiger partial charge in [-0.2, -0.15) is 0 Å². The summed E-state index contributed by atoms with van der Waals surface area (Å²) in [6, 6.07) is 0. The maximum atomic E-state index is 10.3. The number of hydrogen-bond donors (Lipinski definition) is 3. The monoisotopic (exact) mass is 420 g/mol. The second-order valence-corrected chi connectivity index (χ2v) is 12.8. The Morgan fingerprint density at radius 1 is 0.967 bits per heavy atom. The molecule has 0 amide bonds. The average Bonchev–Trinajstić information content (AvgIpc) is 3.05. The zero-order chi connectivity index (χ0) is 21.7. The first-order valence-electron chi connectivity index (χ1n) is 13.1. The Morgan fingerprint density at radius 3 is 2.40 bits per heavy atom. The molecular formula is C27H48O3. The zero-order valence-electron chi connectivity index (χ0n) is 20.1. The third-order valence-electron chi connectivity index (χ3n) is 11.1. The van der Waals surface area contributed by atoms with Gasteiger partial charge in [0.25, 0.3) is 0 Å². The highest BCUT2D eigenvalue weighted by Crippen LogP contribution is 2.68. The van der Waals surface area contributed by atoms with E-state index in [1.807, 2.05) is 0 Å². The third kappa shape index (κ3) is 3.90. The standard InChI is InChI=1S/C27H48O3/c1-18(6-5-13-25(2,30)17-28)22-9-10-23-21-8-7-19-16-20(29)11-14-26(19,3)24(21)12-15-27(22,23)4/h18-24,28-30H,5-17H2,1-4H3/t18-,19-,20-,21+,22-,23+,24+,25?,26+,27-/m1/s1. The molecule has 0 bridgehead atoms. The van der Waals surface area contributed by atoms with Crippen molar-refractivity contribution in [3.8, 4) is 0 Å². The summed E-state index contributed by atoms with van der Waals surface area (Å²) in [5.74, 6) is 4.98. The van der Waals surface area contributed by atoms with Crippen LogP contribution in [-0.2, 0) is 0 Å². The van der Waals surface area contributed by atoms with Gasteiger partial charge in [-0.1, -0.05) is 33.6 Å². The fraction of sp³-hybridized carbons (Fsp3) is 1.00. The fourth-order valence-corrected chi connectivity index (χ4v) is 9.30. The second-order valence-electron chi connectivity index (χ2n) is 12.8. The Bertz CT molecular complexity index is 603. The Kier molecular flexibility index (Phi) is 6.41. The average molecular weight is 421 g/mol. The largest absolute Gasteiger partial charge is 0.393 e. The molecule has 4 fully saturated rings. The summed E-state index contributed by atoms with van der Waals surface area (Å²) in [7, 11) is 0. The number of fused-ring (bicyclic) bond motifs is 5. The number of aliphatic hydroxyl groups is 3. The van der Waals surface area contributed by atoms with Crippen molar-refractivity contribution in [3.05, 3.63) is 0 Å². The maximum Gasteiger partial charge on any atom is 0.0849 e. The van der Waals surface area contributed by atoms with E-state index >= 15 is 0 Å². The van der Waals surface area contributed by atoms with Gasteiger partial charge in [-0.05, 0) is 117 Å². The van der Waals surface area contributed by atoms with Crippen molar-refractivity contribution in [2.24, 2.45) is 46.3 Å². The first kappa shape index (κ1) is 23.1. The molecule has 3 N–H and O–H groups in total. The molecule has 0 aliphatic heterocycles. The molecule has 0 spiro atoms. The van der Waals surface area contributed by atoms with Crippen LogP contribution >= 0.6 is 0 Å². The van der Waals surface area contributed by atoms with Crippen LogP contribution in [-0.4, -0.2) is 33.6 Å². The molecule has 4 aliphatic carbocycles. The predicted molar refractivity (Wildman–Crippen MR) is 122 cm³/mol. The minimum Gasteiger partial charge on any atom is -0.393 e. The molecule has 0 saturated heterocycles. The lowest BCUT2D eigenvalue weighted by Crippen LogP contribution is -2.54. The molecule has 4 aliphatic rings. The van der Waals surface area contributed by atoms with Gasteiger partial charge in [0.2, 0.25) is 0 Å². The predicted octanol–water partition coefficient (Wildman–Crippen LogP) is 5.56. The lowest BCUT2D eigenvalue weighted by atomic mass is 9.44. The summed E-state index contributed by atoms with van der Waals surface area (Å²) in [4.78, 5) is 0. The van der Waals surface area contributed by atoms with Crippen LogP contribution in [0.2, 0.25) is 0 Å². The molecule has 0 aromatic heterocycles. The third-order valence-corrected chi connectivity index (χ3v) is 11.1. The first-order chi connectivity index (χ1) is 14.1. The van der Waals surface area contributed by atoms with E-state index < -0.39 is 5.60 Å². The topological polar surface area (TPSA) is 60.7 Å². The van der Waals surface area contributed by atoms with Crippen LogP contribution in [0.5, 0.6) is 0 Å². The van der Waals surface area contributed by atoms with E-state index in [9.17, 15) is 15.3 Å². The van der Waals surface area contributed by atoms with Gasteiger partial charge in [0.05, 0.1) is 18.3 Å². The van der Waals surface area contributed by atoms with Gasteiger partial charge in [0.1, 0.15) is 0 Å². The van der Waals surface area contributed by atoms with Gasteiger partial charge in [-0.3, -0.25) is 0 Å². The maximum absolute atomic E-state index is 10.3. The van der Waals surface area contributed by atoms with E-state index in [2.05, 4.69) is 20.8 Å². The number of rotatable bonds is 6. The van der Waals surface area contributed by atoms with E-state index in [-0.39, 0.29) is 12.7 Å². The molecule has 3 nitrogen and oxygen atoms in total. The van der Waals surface area contributed by atoms with Crippen molar-refractivity contribution in [2.45, 2.75) is 116 Å². The van der Waals surface area contributed by atoms with Gasteiger partial charge < -0.3 is 15.3 Å². The summed E-state index contributed by atoms with van der Waals surface area (Å²) in [5.41, 5.74) is 0.0576. The van der Waals surface area contributed by atoms with Crippen LogP contribution < -0.4 is 0 Å². The molecule has 0 aromatic rings. The normalized spacial score (nSPS) is 48.9. The quantitative estimate of drug-likeness (QED) is 0.527. The van der Waals surface area contributed by atoms with Crippen molar-refractivity contribution < 1.29 is 15.3 Å². The minimum atomic E-state index is -0.915. The second kappa shape index (κ2) is 8.34. The molecule has 30 heavy (non-hydrogen) atoms. The minimum absolute atomic E-state index is 0.0446. The summed E-state index contributed by atoms with van der Waals surface area (Å²) >= 11 is 0. The van der Waals surface area contributed by atoms with Crippen LogP contribution in [0, 0.1) is 46.3 Å². The molecule has 3 heteroatoms. The number of hydrogen-bond acceptors (Lipinski definition) is 3. The van der Waals surface area contributed by atoms with Crippen LogP contribution in [0.1, 0.15) is 105 Å². The van der Waals surface area contributed by atoms with Gasteiger partial charge >= 0.3 is 0 Å². The molecule has 0 aromatic carbocycles. The van der Waals surface area contributed by atoms with E-state index in [1.54, 1.807) is 6.92 Å². The van der Waals surface area contributed by atoms with Crippen LogP contribution in [0.25, 0.3) is 0 Å². The highest BCUT2D eigenvalue weighted by atomic mass is 16.3. The van der Waals surface area contributed by atoms with Crippen molar-refractivity contribution in [2.75, 3.05) is 6.61 Å². The van der Waals surface area contributed by atoms with Crippen LogP contribution in [0.15, 0.2) is 0 Å². The SMILES string of the molecule is C[C@H](CCCC(C)(O)CO)[C@H]1CC[C@H]2[C@@H]3CC[C@@H]4C[C@H](O)CC[C@]4(C)[C@H]3CC[C@]12C. The van der Waals surface area contributed by atoms with E-state index in [4.69, 9.17) is 0 Å². The molecule has 1 unspecified atom stereocenters.